The topological polar surface area (TPSA) is 31.6 Å². The summed E-state index contributed by atoms with van der Waals surface area (Å²) in [4.78, 5) is 0. The van der Waals surface area contributed by atoms with E-state index in [1.54, 1.807) is 14.2 Å². The fourth-order valence-corrected chi connectivity index (χ4v) is 3.28. The van der Waals surface area contributed by atoms with Crippen LogP contribution in [0.2, 0.25) is 0 Å². The molecule has 0 aliphatic rings. The van der Waals surface area contributed by atoms with Gasteiger partial charge in [0, 0.05) is 21.9 Å². The molecule has 2 aromatic carbocycles. The third kappa shape index (κ3) is 2.97. The van der Waals surface area contributed by atoms with Crippen LogP contribution in [0.4, 0.5) is 0 Å². The van der Waals surface area contributed by atoms with Gasteiger partial charge in [-0.05, 0) is 35.1 Å². The van der Waals surface area contributed by atoms with Gasteiger partial charge in [-0.2, -0.15) is 0 Å². The zero-order valence-electron chi connectivity index (χ0n) is 16.5. The molecule has 3 heteroatoms. The van der Waals surface area contributed by atoms with E-state index in [1.807, 2.05) is 0 Å². The first-order chi connectivity index (χ1) is 11.6. The molecule has 0 amide bonds. The van der Waals surface area contributed by atoms with Crippen LogP contribution in [0.1, 0.15) is 52.7 Å². The lowest BCUT2D eigenvalue weighted by molar-refractivity contribution is 0.413. The van der Waals surface area contributed by atoms with E-state index >= 15 is 0 Å². The van der Waals surface area contributed by atoms with Crippen molar-refractivity contribution in [2.45, 2.75) is 52.4 Å². The summed E-state index contributed by atoms with van der Waals surface area (Å²) in [7, 11) is 3.41. The molecule has 0 radical (unpaired) electrons. The summed E-state index contributed by atoms with van der Waals surface area (Å²) in [6.45, 7) is 13.2. The largest absolute Gasteiger partial charge is 0.497 e. The molecule has 0 atom stereocenters. The lowest BCUT2D eigenvalue weighted by Crippen LogP contribution is -2.11. The number of benzene rings is 2. The maximum atomic E-state index is 6.46. The van der Waals surface area contributed by atoms with Gasteiger partial charge in [0.2, 0.25) is 0 Å². The minimum atomic E-state index is -0.0490. The molecule has 134 valence electrons. The van der Waals surface area contributed by atoms with Gasteiger partial charge < -0.3 is 13.9 Å². The van der Waals surface area contributed by atoms with E-state index in [4.69, 9.17) is 13.9 Å². The Morgan fingerprint density at radius 2 is 1.00 bits per heavy atom. The van der Waals surface area contributed by atoms with Gasteiger partial charge in [-0.1, -0.05) is 41.5 Å². The van der Waals surface area contributed by atoms with Crippen molar-refractivity contribution < 1.29 is 13.9 Å². The number of rotatable bonds is 2. The van der Waals surface area contributed by atoms with Crippen LogP contribution in [-0.4, -0.2) is 14.2 Å². The van der Waals surface area contributed by atoms with E-state index in [-0.39, 0.29) is 10.8 Å². The number of hydrogen-bond acceptors (Lipinski definition) is 3. The Hall–Kier alpha value is -2.16. The molecule has 1 heterocycles. The number of methoxy groups -OCH3 is 2. The summed E-state index contributed by atoms with van der Waals surface area (Å²) < 4.78 is 17.6. The summed E-state index contributed by atoms with van der Waals surface area (Å²) in [5.41, 5.74) is 4.07. The molecule has 0 bridgehead atoms. The molecule has 3 rings (SSSR count). The summed E-state index contributed by atoms with van der Waals surface area (Å²) >= 11 is 0. The lowest BCUT2D eigenvalue weighted by atomic mass is 9.84. The average molecular weight is 340 g/mol. The second-order valence-electron chi connectivity index (χ2n) is 8.71. The first-order valence-electron chi connectivity index (χ1n) is 8.69. The van der Waals surface area contributed by atoms with Gasteiger partial charge in [0.15, 0.2) is 0 Å². The maximum Gasteiger partial charge on any atom is 0.139 e. The first kappa shape index (κ1) is 17.7. The highest BCUT2D eigenvalue weighted by molar-refractivity contribution is 6.08. The van der Waals surface area contributed by atoms with Crippen LogP contribution in [-0.2, 0) is 10.8 Å². The number of hydrogen-bond donors (Lipinski definition) is 0. The van der Waals surface area contributed by atoms with Crippen molar-refractivity contribution in [1.82, 2.24) is 0 Å². The van der Waals surface area contributed by atoms with Crippen molar-refractivity contribution in [2.24, 2.45) is 0 Å². The normalized spacial score (nSPS) is 12.8. The van der Waals surface area contributed by atoms with Crippen LogP contribution in [0.25, 0.3) is 21.9 Å². The highest BCUT2D eigenvalue weighted by Crippen LogP contribution is 2.43. The fourth-order valence-electron chi connectivity index (χ4n) is 3.28. The molecule has 0 unspecified atom stereocenters. The minimum Gasteiger partial charge on any atom is -0.497 e. The smallest absolute Gasteiger partial charge is 0.139 e. The van der Waals surface area contributed by atoms with Crippen molar-refractivity contribution in [1.29, 1.82) is 0 Å². The summed E-state index contributed by atoms with van der Waals surface area (Å²) in [6.07, 6.45) is 0. The predicted molar refractivity (Wildman–Crippen MR) is 104 cm³/mol. The maximum absolute atomic E-state index is 6.46. The molecule has 0 spiro atoms. The summed E-state index contributed by atoms with van der Waals surface area (Å²) in [6, 6.07) is 8.28. The van der Waals surface area contributed by atoms with Gasteiger partial charge >= 0.3 is 0 Å². The van der Waals surface area contributed by atoms with Gasteiger partial charge in [0.05, 0.1) is 14.2 Å². The Morgan fingerprint density at radius 3 is 1.28 bits per heavy atom. The van der Waals surface area contributed by atoms with E-state index in [0.717, 1.165) is 44.6 Å². The van der Waals surface area contributed by atoms with Crippen molar-refractivity contribution in [3.05, 3.63) is 35.4 Å². The van der Waals surface area contributed by atoms with E-state index in [0.29, 0.717) is 0 Å². The highest BCUT2D eigenvalue weighted by Gasteiger charge is 2.26. The third-order valence-electron chi connectivity index (χ3n) is 4.71. The van der Waals surface area contributed by atoms with Gasteiger partial charge in [-0.25, -0.2) is 0 Å². The second kappa shape index (κ2) is 5.69. The highest BCUT2D eigenvalue weighted by atomic mass is 16.5. The van der Waals surface area contributed by atoms with E-state index in [1.165, 1.54) is 0 Å². The Kier molecular flexibility index (Phi) is 4.02. The minimum absolute atomic E-state index is 0.0490. The standard InChI is InChI=1S/C22H28O3/c1-21(2,3)17-11-13(23-7)9-15-16-10-14(24-8)12-18(22(4,5)6)20(16)25-19(15)17/h9-12H,1-8H3. The molecule has 0 N–H and O–H groups in total. The zero-order valence-corrected chi connectivity index (χ0v) is 16.5. The molecule has 25 heavy (non-hydrogen) atoms. The third-order valence-corrected chi connectivity index (χ3v) is 4.71. The van der Waals surface area contributed by atoms with Crippen molar-refractivity contribution >= 4 is 21.9 Å². The van der Waals surface area contributed by atoms with E-state index in [2.05, 4.69) is 65.8 Å². The Morgan fingerprint density at radius 1 is 0.640 bits per heavy atom. The zero-order chi connectivity index (χ0) is 18.6. The van der Waals surface area contributed by atoms with Crippen LogP contribution in [0.5, 0.6) is 11.5 Å². The molecule has 0 aliphatic heterocycles. The molecular weight excluding hydrogens is 312 g/mol. The van der Waals surface area contributed by atoms with Gasteiger partial charge in [0.25, 0.3) is 0 Å². The van der Waals surface area contributed by atoms with Gasteiger partial charge in [-0.3, -0.25) is 0 Å². The lowest BCUT2D eigenvalue weighted by Gasteiger charge is -2.20. The van der Waals surface area contributed by atoms with E-state index < -0.39 is 0 Å². The Labute approximate surface area is 149 Å². The fraction of sp³-hybridized carbons (Fsp3) is 0.455. The van der Waals surface area contributed by atoms with Crippen LogP contribution >= 0.6 is 0 Å². The predicted octanol–water partition coefficient (Wildman–Crippen LogP) is 6.20. The van der Waals surface area contributed by atoms with Crippen molar-refractivity contribution in [3.8, 4) is 11.5 Å². The number of ether oxygens (including phenoxy) is 2. The molecule has 3 aromatic rings. The van der Waals surface area contributed by atoms with Crippen molar-refractivity contribution in [2.75, 3.05) is 14.2 Å². The molecule has 0 aliphatic carbocycles. The number of furan rings is 1. The molecule has 1 aromatic heterocycles. The molecular formula is C22H28O3. The van der Waals surface area contributed by atoms with Crippen LogP contribution in [0, 0.1) is 0 Å². The Bertz CT molecular complexity index is 858. The SMILES string of the molecule is COc1cc(C(C)(C)C)c2oc3c(C(C)(C)C)cc(OC)cc3c2c1. The van der Waals surface area contributed by atoms with Crippen LogP contribution in [0.3, 0.4) is 0 Å². The van der Waals surface area contributed by atoms with E-state index in [9.17, 15) is 0 Å². The molecule has 0 fully saturated rings. The average Bonchev–Trinajstić information content (AvgIpc) is 2.89. The molecule has 0 saturated heterocycles. The molecule has 3 nitrogen and oxygen atoms in total. The van der Waals surface area contributed by atoms with Gasteiger partial charge in [0.1, 0.15) is 22.7 Å². The Balaban J connectivity index is 2.52. The summed E-state index contributed by atoms with van der Waals surface area (Å²) in [5.74, 6) is 1.69. The number of fused-ring (bicyclic) bond motifs is 3. The summed E-state index contributed by atoms with van der Waals surface area (Å²) in [5, 5.41) is 2.15. The van der Waals surface area contributed by atoms with Crippen LogP contribution in [0.15, 0.2) is 28.7 Å². The monoisotopic (exact) mass is 340 g/mol. The quantitative estimate of drug-likeness (QED) is 0.557. The second-order valence-corrected chi connectivity index (χ2v) is 8.71. The van der Waals surface area contributed by atoms with Crippen LogP contribution < -0.4 is 9.47 Å². The van der Waals surface area contributed by atoms with Gasteiger partial charge in [-0.15, -0.1) is 0 Å². The van der Waals surface area contributed by atoms with Crippen molar-refractivity contribution in [3.63, 3.8) is 0 Å². The first-order valence-corrected chi connectivity index (χ1v) is 8.69. The molecule has 0 saturated carbocycles.